The molecule has 1 fully saturated rings. The molecule has 7 nitrogen and oxygen atoms in total. The molecule has 0 bridgehead atoms. The summed E-state index contributed by atoms with van der Waals surface area (Å²) in [7, 11) is 0. The maximum atomic E-state index is 10.6. The summed E-state index contributed by atoms with van der Waals surface area (Å²) >= 11 is 0. The molecule has 1 saturated heterocycles. The summed E-state index contributed by atoms with van der Waals surface area (Å²) in [6.45, 7) is 0. The number of aliphatic hydroxyl groups excluding tert-OH is 4. The van der Waals surface area contributed by atoms with Crippen LogP contribution in [0.25, 0.3) is 0 Å². The zero-order chi connectivity index (χ0) is 10.2. The molecule has 1 rings (SSSR count). The lowest BCUT2D eigenvalue weighted by Crippen LogP contribution is -2.60. The first-order valence-electron chi connectivity index (χ1n) is 3.62. The molecular formula is C6H11NO6. The highest BCUT2D eigenvalue weighted by molar-refractivity contribution is 5.79. The zero-order valence-corrected chi connectivity index (χ0v) is 6.57. The van der Waals surface area contributed by atoms with Gasteiger partial charge in [-0.2, -0.15) is 0 Å². The van der Waals surface area contributed by atoms with Gasteiger partial charge >= 0.3 is 0 Å². The second-order valence-electron chi connectivity index (χ2n) is 2.82. The molecule has 76 valence electrons. The van der Waals surface area contributed by atoms with Crippen LogP contribution in [0.4, 0.5) is 0 Å². The van der Waals surface area contributed by atoms with Crippen molar-refractivity contribution in [2.75, 3.05) is 0 Å². The number of nitrogens with two attached hydrogens (primary N) is 1. The fourth-order valence-electron chi connectivity index (χ4n) is 1.10. The molecule has 6 N–H and O–H groups in total. The third kappa shape index (κ3) is 1.79. The topological polar surface area (TPSA) is 133 Å². The molecule has 0 aromatic rings. The van der Waals surface area contributed by atoms with E-state index in [9.17, 15) is 4.79 Å². The Morgan fingerprint density at radius 2 is 1.62 bits per heavy atom. The number of primary amides is 1. The van der Waals surface area contributed by atoms with Gasteiger partial charge in [-0.1, -0.05) is 0 Å². The lowest BCUT2D eigenvalue weighted by Gasteiger charge is -2.36. The van der Waals surface area contributed by atoms with E-state index in [4.69, 9.17) is 26.2 Å². The number of ether oxygens (including phenoxy) is 1. The van der Waals surface area contributed by atoms with Crippen molar-refractivity contribution in [3.05, 3.63) is 0 Å². The Morgan fingerprint density at radius 1 is 1.08 bits per heavy atom. The molecule has 0 aliphatic carbocycles. The minimum atomic E-state index is -1.73. The third-order valence-corrected chi connectivity index (χ3v) is 1.87. The highest BCUT2D eigenvalue weighted by Crippen LogP contribution is 2.19. The van der Waals surface area contributed by atoms with Crippen molar-refractivity contribution in [2.45, 2.75) is 30.7 Å². The van der Waals surface area contributed by atoms with Crippen molar-refractivity contribution in [3.63, 3.8) is 0 Å². The molecule has 1 amide bonds. The summed E-state index contributed by atoms with van der Waals surface area (Å²) in [5.74, 6) is -1.02. The molecule has 5 atom stereocenters. The van der Waals surface area contributed by atoms with Gasteiger partial charge in [0.05, 0.1) is 0 Å². The highest BCUT2D eigenvalue weighted by atomic mass is 16.6. The van der Waals surface area contributed by atoms with Crippen LogP contribution in [0.15, 0.2) is 0 Å². The van der Waals surface area contributed by atoms with Crippen LogP contribution < -0.4 is 5.73 Å². The summed E-state index contributed by atoms with van der Waals surface area (Å²) in [5, 5.41) is 36.2. The van der Waals surface area contributed by atoms with Gasteiger partial charge < -0.3 is 30.9 Å². The van der Waals surface area contributed by atoms with Crippen LogP contribution in [0, 0.1) is 0 Å². The van der Waals surface area contributed by atoms with Crippen LogP contribution in [0.3, 0.4) is 0 Å². The van der Waals surface area contributed by atoms with Crippen molar-refractivity contribution in [1.29, 1.82) is 0 Å². The highest BCUT2D eigenvalue weighted by Gasteiger charge is 2.45. The molecule has 0 radical (unpaired) electrons. The molecular weight excluding hydrogens is 182 g/mol. The van der Waals surface area contributed by atoms with E-state index in [2.05, 4.69) is 4.74 Å². The number of hydrogen-bond acceptors (Lipinski definition) is 6. The van der Waals surface area contributed by atoms with Gasteiger partial charge in [0.25, 0.3) is 0 Å². The van der Waals surface area contributed by atoms with E-state index in [0.29, 0.717) is 0 Å². The summed E-state index contributed by atoms with van der Waals surface area (Å²) in [5.41, 5.74) is 4.80. The van der Waals surface area contributed by atoms with E-state index < -0.39 is 36.6 Å². The monoisotopic (exact) mass is 193 g/mol. The number of carbonyl (C=O) groups excluding carboxylic acids is 1. The molecule has 1 heterocycles. The van der Waals surface area contributed by atoms with Crippen LogP contribution in [0.2, 0.25) is 0 Å². The maximum Gasteiger partial charge on any atom is 0.249 e. The normalized spacial score (nSPS) is 46.0. The van der Waals surface area contributed by atoms with Crippen molar-refractivity contribution in [3.8, 4) is 0 Å². The number of hydrogen-bond donors (Lipinski definition) is 5. The molecule has 1 aliphatic heterocycles. The van der Waals surface area contributed by atoms with Gasteiger partial charge in [0.15, 0.2) is 12.4 Å². The number of rotatable bonds is 1. The molecule has 0 unspecified atom stereocenters. The lowest BCUT2D eigenvalue weighted by molar-refractivity contribution is -0.275. The molecule has 0 saturated carbocycles. The first-order chi connectivity index (χ1) is 5.95. The smallest absolute Gasteiger partial charge is 0.249 e. The SMILES string of the molecule is NC(=O)[C@H]1O[C@@H](O)[C@H](O)[C@H](O)[C@@H]1O. The van der Waals surface area contributed by atoms with Gasteiger partial charge in [-0.05, 0) is 0 Å². The van der Waals surface area contributed by atoms with Crippen LogP contribution >= 0.6 is 0 Å². The van der Waals surface area contributed by atoms with E-state index in [1.807, 2.05) is 0 Å². The molecule has 0 aromatic heterocycles. The van der Waals surface area contributed by atoms with Crippen molar-refractivity contribution < 1.29 is 30.0 Å². The third-order valence-electron chi connectivity index (χ3n) is 1.87. The molecule has 13 heavy (non-hydrogen) atoms. The Bertz CT molecular complexity index is 209. The Labute approximate surface area is 73.4 Å². The summed E-state index contributed by atoms with van der Waals surface area (Å²) < 4.78 is 4.46. The largest absolute Gasteiger partial charge is 0.387 e. The van der Waals surface area contributed by atoms with E-state index in [0.717, 1.165) is 0 Å². The van der Waals surface area contributed by atoms with Crippen LogP contribution in [0.1, 0.15) is 0 Å². The first kappa shape index (κ1) is 10.4. The van der Waals surface area contributed by atoms with E-state index in [1.165, 1.54) is 0 Å². The quantitative estimate of drug-likeness (QED) is 0.291. The number of amides is 1. The maximum absolute atomic E-state index is 10.6. The standard InChI is InChI=1S/C6H11NO6/c7-5(11)4-2(9)1(8)3(10)6(12)13-4/h1-4,6,8-10,12H,(H2,7,11)/t1-,2+,3-,4+,6-/m1/s1. The second kappa shape index (κ2) is 3.56. The van der Waals surface area contributed by atoms with E-state index in [1.54, 1.807) is 0 Å². The summed E-state index contributed by atoms with van der Waals surface area (Å²) in [6, 6.07) is 0. The Balaban J connectivity index is 2.76. The van der Waals surface area contributed by atoms with E-state index >= 15 is 0 Å². The lowest BCUT2D eigenvalue weighted by atomic mass is 9.99. The van der Waals surface area contributed by atoms with Crippen LogP contribution in [-0.2, 0) is 9.53 Å². The van der Waals surface area contributed by atoms with Crippen molar-refractivity contribution in [2.24, 2.45) is 5.73 Å². The van der Waals surface area contributed by atoms with Gasteiger partial charge in [-0.25, -0.2) is 0 Å². The Morgan fingerprint density at radius 3 is 2.08 bits per heavy atom. The summed E-state index contributed by atoms with van der Waals surface area (Å²) in [4.78, 5) is 10.6. The van der Waals surface area contributed by atoms with Gasteiger partial charge in [0, 0.05) is 0 Å². The zero-order valence-electron chi connectivity index (χ0n) is 6.57. The molecule has 0 aromatic carbocycles. The van der Waals surface area contributed by atoms with Gasteiger partial charge in [-0.15, -0.1) is 0 Å². The second-order valence-corrected chi connectivity index (χ2v) is 2.82. The van der Waals surface area contributed by atoms with E-state index in [-0.39, 0.29) is 0 Å². The first-order valence-corrected chi connectivity index (χ1v) is 3.62. The average molecular weight is 193 g/mol. The number of carbonyl (C=O) groups is 1. The number of aliphatic hydroxyl groups is 4. The van der Waals surface area contributed by atoms with Crippen LogP contribution in [-0.4, -0.2) is 57.0 Å². The Kier molecular flexibility index (Phi) is 2.84. The van der Waals surface area contributed by atoms with Gasteiger partial charge in [0.2, 0.25) is 5.91 Å². The summed E-state index contributed by atoms with van der Waals surface area (Å²) in [6.07, 6.45) is -8.16. The van der Waals surface area contributed by atoms with Crippen molar-refractivity contribution >= 4 is 5.91 Å². The predicted octanol–water partition coefficient (Wildman–Crippen LogP) is -3.73. The van der Waals surface area contributed by atoms with Gasteiger partial charge in [-0.3, -0.25) is 4.79 Å². The molecule has 0 spiro atoms. The van der Waals surface area contributed by atoms with Crippen LogP contribution in [0.5, 0.6) is 0 Å². The average Bonchev–Trinajstić information content (AvgIpc) is 2.07. The molecule has 1 aliphatic rings. The Hall–Kier alpha value is -0.730. The van der Waals surface area contributed by atoms with Gasteiger partial charge in [0.1, 0.15) is 18.3 Å². The fourth-order valence-corrected chi connectivity index (χ4v) is 1.10. The predicted molar refractivity (Wildman–Crippen MR) is 38.1 cm³/mol. The molecule has 7 heteroatoms. The minimum absolute atomic E-state index is 1.02. The van der Waals surface area contributed by atoms with Crippen molar-refractivity contribution in [1.82, 2.24) is 0 Å². The minimum Gasteiger partial charge on any atom is -0.387 e. The fraction of sp³-hybridized carbons (Fsp3) is 0.833.